The summed E-state index contributed by atoms with van der Waals surface area (Å²) in [4.78, 5) is 0. The van der Waals surface area contributed by atoms with Crippen molar-refractivity contribution < 1.29 is 4.74 Å². The van der Waals surface area contributed by atoms with E-state index in [-0.39, 0.29) is 0 Å². The smallest absolute Gasteiger partial charge is 0.128 e. The van der Waals surface area contributed by atoms with Crippen molar-refractivity contribution in [2.24, 2.45) is 0 Å². The molecule has 0 fully saturated rings. The number of hydrogen-bond acceptors (Lipinski definition) is 2. The predicted molar refractivity (Wildman–Crippen MR) is 65.4 cm³/mol. The molecular weight excluding hydrogens is 254 g/mol. The molecule has 1 aromatic rings. The summed E-state index contributed by atoms with van der Waals surface area (Å²) in [5.41, 5.74) is 2.50. The molecule has 1 aliphatic rings. The van der Waals surface area contributed by atoms with E-state index in [2.05, 4.69) is 47.2 Å². The van der Waals surface area contributed by atoms with Crippen LogP contribution < -0.4 is 10.1 Å². The third-order valence-corrected chi connectivity index (χ3v) is 3.41. The maximum atomic E-state index is 5.73. The topological polar surface area (TPSA) is 21.3 Å². The van der Waals surface area contributed by atoms with Gasteiger partial charge in [0.25, 0.3) is 0 Å². The Morgan fingerprint density at radius 3 is 3.07 bits per heavy atom. The van der Waals surface area contributed by atoms with Gasteiger partial charge in [0.05, 0.1) is 6.04 Å². The number of nitrogens with one attached hydrogen (secondary N) is 1. The molecule has 1 atom stereocenters. The van der Waals surface area contributed by atoms with Crippen molar-refractivity contribution in [3.63, 3.8) is 0 Å². The molecule has 3 heteroatoms. The van der Waals surface area contributed by atoms with Gasteiger partial charge in [-0.2, -0.15) is 0 Å². The summed E-state index contributed by atoms with van der Waals surface area (Å²) < 4.78 is 6.87. The highest BCUT2D eigenvalue weighted by Gasteiger charge is 2.27. The maximum absolute atomic E-state index is 5.73. The lowest BCUT2D eigenvalue weighted by molar-refractivity contribution is 0.310. The van der Waals surface area contributed by atoms with Crippen LogP contribution in [0.4, 0.5) is 0 Å². The summed E-state index contributed by atoms with van der Waals surface area (Å²) >= 11 is 3.59. The minimum absolute atomic E-state index is 0.342. The van der Waals surface area contributed by atoms with Gasteiger partial charge in [0.1, 0.15) is 12.4 Å². The normalized spacial score (nSPS) is 18.7. The zero-order chi connectivity index (χ0) is 10.8. The molecule has 0 amide bonds. The SMILES string of the molecule is CCCNC1COc2c(C)ccc(Br)c21. The van der Waals surface area contributed by atoms with Crippen molar-refractivity contribution in [1.29, 1.82) is 0 Å². The van der Waals surface area contributed by atoms with E-state index in [1.807, 2.05) is 0 Å². The van der Waals surface area contributed by atoms with E-state index in [0.717, 1.165) is 29.8 Å². The number of benzene rings is 1. The molecule has 2 nitrogen and oxygen atoms in total. The van der Waals surface area contributed by atoms with Crippen LogP contribution >= 0.6 is 15.9 Å². The fourth-order valence-electron chi connectivity index (χ4n) is 1.93. The fraction of sp³-hybridized carbons (Fsp3) is 0.500. The Hall–Kier alpha value is -0.540. The van der Waals surface area contributed by atoms with Gasteiger partial charge < -0.3 is 10.1 Å². The molecule has 0 aromatic heterocycles. The Bertz CT molecular complexity index is 365. The van der Waals surface area contributed by atoms with Crippen molar-refractivity contribution in [1.82, 2.24) is 5.32 Å². The summed E-state index contributed by atoms with van der Waals surface area (Å²) in [5, 5.41) is 3.50. The lowest BCUT2D eigenvalue weighted by Crippen LogP contribution is -2.23. The number of fused-ring (bicyclic) bond motifs is 1. The molecule has 2 rings (SSSR count). The molecule has 0 radical (unpaired) electrons. The summed E-state index contributed by atoms with van der Waals surface area (Å²) in [5.74, 6) is 1.05. The van der Waals surface area contributed by atoms with E-state index in [1.165, 1.54) is 11.1 Å². The fourth-order valence-corrected chi connectivity index (χ4v) is 2.52. The average molecular weight is 270 g/mol. The van der Waals surface area contributed by atoms with Gasteiger partial charge in [0, 0.05) is 10.0 Å². The highest BCUT2D eigenvalue weighted by atomic mass is 79.9. The molecule has 0 saturated carbocycles. The van der Waals surface area contributed by atoms with Crippen molar-refractivity contribution in [2.45, 2.75) is 26.3 Å². The van der Waals surface area contributed by atoms with Crippen LogP contribution in [0, 0.1) is 6.92 Å². The number of halogens is 1. The van der Waals surface area contributed by atoms with E-state index in [4.69, 9.17) is 4.74 Å². The minimum atomic E-state index is 0.342. The van der Waals surface area contributed by atoms with E-state index < -0.39 is 0 Å². The van der Waals surface area contributed by atoms with Gasteiger partial charge in [0.15, 0.2) is 0 Å². The van der Waals surface area contributed by atoms with Crippen LogP contribution in [0.25, 0.3) is 0 Å². The van der Waals surface area contributed by atoms with Crippen LogP contribution in [0.15, 0.2) is 16.6 Å². The number of aryl methyl sites for hydroxylation is 1. The van der Waals surface area contributed by atoms with Crippen LogP contribution in [0.5, 0.6) is 5.75 Å². The molecule has 1 aliphatic heterocycles. The standard InChI is InChI=1S/C12H16BrNO/c1-3-6-14-10-7-15-12-8(2)4-5-9(13)11(10)12/h4-5,10,14H,3,6-7H2,1-2H3. The second kappa shape index (κ2) is 4.54. The lowest BCUT2D eigenvalue weighted by Gasteiger charge is -2.12. The first-order chi connectivity index (χ1) is 7.24. The van der Waals surface area contributed by atoms with Crippen molar-refractivity contribution >= 4 is 15.9 Å². The molecule has 1 heterocycles. The summed E-state index contributed by atoms with van der Waals surface area (Å²) in [7, 11) is 0. The molecule has 1 N–H and O–H groups in total. The zero-order valence-corrected chi connectivity index (χ0v) is 10.7. The number of ether oxygens (including phenoxy) is 1. The van der Waals surface area contributed by atoms with Gasteiger partial charge in [-0.15, -0.1) is 0 Å². The molecule has 0 aliphatic carbocycles. The highest BCUT2D eigenvalue weighted by Crippen LogP contribution is 2.40. The minimum Gasteiger partial charge on any atom is -0.491 e. The molecule has 82 valence electrons. The van der Waals surface area contributed by atoms with Crippen LogP contribution in [0.3, 0.4) is 0 Å². The predicted octanol–water partition coefficient (Wildman–Crippen LogP) is 3.19. The summed E-state index contributed by atoms with van der Waals surface area (Å²) in [6.07, 6.45) is 1.15. The Morgan fingerprint density at radius 2 is 2.33 bits per heavy atom. The van der Waals surface area contributed by atoms with Crippen molar-refractivity contribution in [2.75, 3.05) is 13.2 Å². The molecule has 0 saturated heterocycles. The van der Waals surface area contributed by atoms with Gasteiger partial charge in [-0.1, -0.05) is 28.9 Å². The van der Waals surface area contributed by atoms with Crippen LogP contribution in [-0.2, 0) is 0 Å². The van der Waals surface area contributed by atoms with E-state index in [9.17, 15) is 0 Å². The number of rotatable bonds is 3. The number of hydrogen-bond donors (Lipinski definition) is 1. The summed E-state index contributed by atoms with van der Waals surface area (Å²) in [6, 6.07) is 4.53. The quantitative estimate of drug-likeness (QED) is 0.910. The van der Waals surface area contributed by atoms with E-state index in [0.29, 0.717) is 6.04 Å². The Labute approximate surface area is 99.1 Å². The molecule has 1 unspecified atom stereocenters. The first-order valence-corrected chi connectivity index (χ1v) is 6.18. The molecule has 1 aromatic carbocycles. The zero-order valence-electron chi connectivity index (χ0n) is 9.14. The molecule has 0 bridgehead atoms. The maximum Gasteiger partial charge on any atom is 0.128 e. The lowest BCUT2D eigenvalue weighted by atomic mass is 10.1. The highest BCUT2D eigenvalue weighted by molar-refractivity contribution is 9.10. The summed E-state index contributed by atoms with van der Waals surface area (Å²) in [6.45, 7) is 6.05. The van der Waals surface area contributed by atoms with Gasteiger partial charge in [-0.3, -0.25) is 0 Å². The van der Waals surface area contributed by atoms with Crippen molar-refractivity contribution in [3.8, 4) is 5.75 Å². The second-order valence-electron chi connectivity index (χ2n) is 3.92. The van der Waals surface area contributed by atoms with Gasteiger partial charge in [0.2, 0.25) is 0 Å². The Balaban J connectivity index is 2.28. The van der Waals surface area contributed by atoms with Gasteiger partial charge >= 0.3 is 0 Å². The molecule has 15 heavy (non-hydrogen) atoms. The molecule has 0 spiro atoms. The molecular formula is C12H16BrNO. The van der Waals surface area contributed by atoms with Crippen molar-refractivity contribution in [3.05, 3.63) is 27.7 Å². The average Bonchev–Trinajstić information content (AvgIpc) is 2.65. The van der Waals surface area contributed by atoms with Crippen LogP contribution in [-0.4, -0.2) is 13.2 Å². The Morgan fingerprint density at radius 1 is 1.53 bits per heavy atom. The largest absolute Gasteiger partial charge is 0.491 e. The van der Waals surface area contributed by atoms with Crippen LogP contribution in [0.1, 0.15) is 30.5 Å². The first kappa shape index (κ1) is 11.0. The first-order valence-electron chi connectivity index (χ1n) is 5.39. The van der Waals surface area contributed by atoms with Crippen LogP contribution in [0.2, 0.25) is 0 Å². The monoisotopic (exact) mass is 269 g/mol. The second-order valence-corrected chi connectivity index (χ2v) is 4.78. The van der Waals surface area contributed by atoms with E-state index in [1.54, 1.807) is 0 Å². The third-order valence-electron chi connectivity index (χ3n) is 2.72. The van der Waals surface area contributed by atoms with Gasteiger partial charge in [-0.25, -0.2) is 0 Å². The van der Waals surface area contributed by atoms with E-state index >= 15 is 0 Å². The Kier molecular flexibility index (Phi) is 3.32. The third kappa shape index (κ3) is 2.04. The van der Waals surface area contributed by atoms with Gasteiger partial charge in [-0.05, 0) is 31.5 Å².